The fourth-order valence-corrected chi connectivity index (χ4v) is 4.84. The Balaban J connectivity index is 1.87. The zero-order chi connectivity index (χ0) is 24.7. The minimum absolute atomic E-state index is 0.0455. The number of hydrogen-bond donors (Lipinski definition) is 1. The van der Waals surface area contributed by atoms with Gasteiger partial charge in [-0.05, 0) is 42.3 Å². The van der Waals surface area contributed by atoms with Gasteiger partial charge in [-0.25, -0.2) is 12.8 Å². The maximum atomic E-state index is 13.5. The van der Waals surface area contributed by atoms with E-state index in [2.05, 4.69) is 5.32 Å². The van der Waals surface area contributed by atoms with Crippen LogP contribution in [0.5, 0.6) is 11.5 Å². The molecule has 0 aliphatic carbocycles. The average Bonchev–Trinajstić information content (AvgIpc) is 2.84. The SMILES string of the molecule is COc1ccc(S(=O)(=O)N(CCc2ccccc2)CC(=O)Nc2ccc(F)c(Cl)c2)cc1OC. The van der Waals surface area contributed by atoms with E-state index in [1.165, 1.54) is 44.6 Å². The lowest BCUT2D eigenvalue weighted by Gasteiger charge is -2.22. The van der Waals surface area contributed by atoms with Crippen LogP contribution in [0.1, 0.15) is 5.56 Å². The first kappa shape index (κ1) is 25.5. The number of anilines is 1. The minimum atomic E-state index is -4.08. The third kappa shape index (κ3) is 6.25. The van der Waals surface area contributed by atoms with Crippen LogP contribution < -0.4 is 14.8 Å². The van der Waals surface area contributed by atoms with Gasteiger partial charge in [-0.1, -0.05) is 41.9 Å². The molecule has 0 aromatic heterocycles. The number of hydrogen-bond acceptors (Lipinski definition) is 5. The highest BCUT2D eigenvalue weighted by Gasteiger charge is 2.28. The van der Waals surface area contributed by atoms with Crippen LogP contribution in [0.2, 0.25) is 5.02 Å². The predicted molar refractivity (Wildman–Crippen MR) is 128 cm³/mol. The number of amides is 1. The molecule has 0 spiro atoms. The number of ether oxygens (including phenoxy) is 2. The number of methoxy groups -OCH3 is 2. The van der Waals surface area contributed by atoms with E-state index in [4.69, 9.17) is 21.1 Å². The van der Waals surface area contributed by atoms with Gasteiger partial charge >= 0.3 is 0 Å². The Morgan fingerprint density at radius 2 is 1.71 bits per heavy atom. The zero-order valence-electron chi connectivity index (χ0n) is 18.6. The molecule has 3 aromatic carbocycles. The molecule has 0 aliphatic rings. The first-order valence-electron chi connectivity index (χ1n) is 10.3. The van der Waals surface area contributed by atoms with Crippen LogP contribution in [0.15, 0.2) is 71.6 Å². The molecule has 3 aromatic rings. The van der Waals surface area contributed by atoms with Crippen LogP contribution >= 0.6 is 11.6 Å². The van der Waals surface area contributed by atoms with Crippen LogP contribution in [-0.2, 0) is 21.2 Å². The van der Waals surface area contributed by atoms with Gasteiger partial charge in [0.2, 0.25) is 15.9 Å². The molecule has 1 amide bonds. The molecule has 0 bridgehead atoms. The van der Waals surface area contributed by atoms with Gasteiger partial charge in [-0.2, -0.15) is 4.31 Å². The Morgan fingerprint density at radius 3 is 2.35 bits per heavy atom. The van der Waals surface area contributed by atoms with E-state index < -0.39 is 28.3 Å². The number of sulfonamides is 1. The van der Waals surface area contributed by atoms with E-state index in [0.717, 1.165) is 15.9 Å². The van der Waals surface area contributed by atoms with Crippen molar-refractivity contribution < 1.29 is 27.1 Å². The van der Waals surface area contributed by atoms with Gasteiger partial charge in [0.25, 0.3) is 0 Å². The summed E-state index contributed by atoms with van der Waals surface area (Å²) in [5.74, 6) is -0.597. The van der Waals surface area contributed by atoms with Crippen molar-refractivity contribution in [1.29, 1.82) is 0 Å². The van der Waals surface area contributed by atoms with Crippen molar-refractivity contribution in [3.63, 3.8) is 0 Å². The second-order valence-corrected chi connectivity index (χ2v) is 9.61. The molecule has 7 nitrogen and oxygen atoms in total. The van der Waals surface area contributed by atoms with Crippen molar-refractivity contribution >= 4 is 33.2 Å². The molecule has 10 heteroatoms. The largest absolute Gasteiger partial charge is 0.493 e. The molecule has 0 unspecified atom stereocenters. The Hall–Kier alpha value is -3.14. The third-order valence-electron chi connectivity index (χ3n) is 5.01. The molecule has 34 heavy (non-hydrogen) atoms. The van der Waals surface area contributed by atoms with Gasteiger partial charge in [-0.15, -0.1) is 0 Å². The van der Waals surface area contributed by atoms with Gasteiger partial charge in [0.15, 0.2) is 11.5 Å². The van der Waals surface area contributed by atoms with Crippen molar-refractivity contribution in [1.82, 2.24) is 4.31 Å². The maximum absolute atomic E-state index is 13.5. The molecule has 0 heterocycles. The number of nitrogens with one attached hydrogen (secondary N) is 1. The minimum Gasteiger partial charge on any atom is -0.493 e. The highest BCUT2D eigenvalue weighted by Crippen LogP contribution is 2.30. The number of nitrogens with zero attached hydrogens (tertiary/aromatic N) is 1. The molecule has 0 radical (unpaired) electrons. The highest BCUT2D eigenvalue weighted by molar-refractivity contribution is 7.89. The second-order valence-electron chi connectivity index (χ2n) is 7.27. The van der Waals surface area contributed by atoms with Gasteiger partial charge in [-0.3, -0.25) is 4.79 Å². The summed E-state index contributed by atoms with van der Waals surface area (Å²) < 4.78 is 51.9. The fourth-order valence-electron chi connectivity index (χ4n) is 3.24. The number of carbonyl (C=O) groups excluding carboxylic acids is 1. The summed E-state index contributed by atoms with van der Waals surface area (Å²) >= 11 is 5.77. The lowest BCUT2D eigenvalue weighted by atomic mass is 10.1. The Morgan fingerprint density at radius 1 is 1.00 bits per heavy atom. The molecule has 0 atom stereocenters. The highest BCUT2D eigenvalue weighted by atomic mass is 35.5. The van der Waals surface area contributed by atoms with Crippen LogP contribution in [-0.4, -0.2) is 45.9 Å². The third-order valence-corrected chi connectivity index (χ3v) is 7.14. The van der Waals surface area contributed by atoms with E-state index in [9.17, 15) is 17.6 Å². The molecule has 0 saturated carbocycles. The number of carbonyl (C=O) groups is 1. The van der Waals surface area contributed by atoms with Crippen molar-refractivity contribution in [3.05, 3.63) is 83.1 Å². The van der Waals surface area contributed by atoms with Crippen LogP contribution in [0.3, 0.4) is 0 Å². The van der Waals surface area contributed by atoms with E-state index in [1.807, 2.05) is 30.3 Å². The summed E-state index contributed by atoms with van der Waals surface area (Å²) in [5, 5.41) is 2.41. The molecule has 1 N–H and O–H groups in total. The van der Waals surface area contributed by atoms with Gasteiger partial charge < -0.3 is 14.8 Å². The number of rotatable bonds is 10. The average molecular weight is 507 g/mol. The monoisotopic (exact) mass is 506 g/mol. The normalized spacial score (nSPS) is 11.3. The summed E-state index contributed by atoms with van der Waals surface area (Å²) in [6.45, 7) is -0.406. The van der Waals surface area contributed by atoms with E-state index >= 15 is 0 Å². The molecule has 3 rings (SSSR count). The predicted octanol–water partition coefficient (Wildman–Crippen LogP) is 4.37. The summed E-state index contributed by atoms with van der Waals surface area (Å²) in [6.07, 6.45) is 0.392. The zero-order valence-corrected chi connectivity index (χ0v) is 20.2. The number of halogens is 2. The smallest absolute Gasteiger partial charge is 0.243 e. The molecule has 0 aliphatic heterocycles. The first-order valence-corrected chi connectivity index (χ1v) is 12.1. The quantitative estimate of drug-likeness (QED) is 0.441. The summed E-state index contributed by atoms with van der Waals surface area (Å²) in [5.41, 5.74) is 1.17. The summed E-state index contributed by atoms with van der Waals surface area (Å²) in [7, 11) is -1.23. The second kappa shape index (κ2) is 11.3. The van der Waals surface area contributed by atoms with Crippen molar-refractivity contribution in [2.75, 3.05) is 32.6 Å². The van der Waals surface area contributed by atoms with E-state index in [-0.39, 0.29) is 27.9 Å². The van der Waals surface area contributed by atoms with Crippen molar-refractivity contribution in [2.45, 2.75) is 11.3 Å². The van der Waals surface area contributed by atoms with Gasteiger partial charge in [0.1, 0.15) is 5.82 Å². The summed E-state index contributed by atoms with van der Waals surface area (Å²) in [4.78, 5) is 12.7. The molecular formula is C24H24ClFN2O5S. The Bertz CT molecular complexity index is 1260. The maximum Gasteiger partial charge on any atom is 0.243 e. The summed E-state index contributed by atoms with van der Waals surface area (Å²) in [6, 6.07) is 17.3. The van der Waals surface area contributed by atoms with E-state index in [1.54, 1.807) is 0 Å². The van der Waals surface area contributed by atoms with Crippen LogP contribution in [0.25, 0.3) is 0 Å². The van der Waals surface area contributed by atoms with Gasteiger partial charge in [0.05, 0.1) is 30.7 Å². The Labute approximate surface area is 203 Å². The molecular weight excluding hydrogens is 483 g/mol. The number of benzene rings is 3. The fraction of sp³-hybridized carbons (Fsp3) is 0.208. The molecule has 0 saturated heterocycles. The topological polar surface area (TPSA) is 84.9 Å². The first-order chi connectivity index (χ1) is 16.2. The van der Waals surface area contributed by atoms with Crippen molar-refractivity contribution in [2.24, 2.45) is 0 Å². The van der Waals surface area contributed by atoms with Crippen LogP contribution in [0.4, 0.5) is 10.1 Å². The lowest BCUT2D eigenvalue weighted by Crippen LogP contribution is -2.39. The van der Waals surface area contributed by atoms with Crippen LogP contribution in [0, 0.1) is 5.82 Å². The Kier molecular flexibility index (Phi) is 8.49. The van der Waals surface area contributed by atoms with Gasteiger partial charge in [0, 0.05) is 18.3 Å². The molecule has 180 valence electrons. The lowest BCUT2D eigenvalue weighted by molar-refractivity contribution is -0.116. The van der Waals surface area contributed by atoms with Crippen molar-refractivity contribution in [3.8, 4) is 11.5 Å². The standard InChI is InChI=1S/C24H24ClFN2O5S/c1-32-22-11-9-19(15-23(22)33-2)34(30,31)28(13-12-17-6-4-3-5-7-17)16-24(29)27-18-8-10-21(26)20(25)14-18/h3-11,14-15H,12-13,16H2,1-2H3,(H,27,29). The molecule has 0 fully saturated rings. The van der Waals surface area contributed by atoms with E-state index in [0.29, 0.717) is 12.2 Å².